The van der Waals surface area contributed by atoms with Gasteiger partial charge < -0.3 is 10.6 Å². The number of hydrogen-bond donors (Lipinski definition) is 1. The van der Waals surface area contributed by atoms with Gasteiger partial charge in [0.15, 0.2) is 0 Å². The molecule has 1 aromatic rings. The molecule has 1 fully saturated rings. The summed E-state index contributed by atoms with van der Waals surface area (Å²) in [6.45, 7) is 6.51. The van der Waals surface area contributed by atoms with Crippen LogP contribution in [0.5, 0.6) is 0 Å². The minimum absolute atomic E-state index is 0.176. The van der Waals surface area contributed by atoms with Crippen molar-refractivity contribution < 1.29 is 0 Å². The van der Waals surface area contributed by atoms with Gasteiger partial charge in [-0.3, -0.25) is 0 Å². The fourth-order valence-corrected chi connectivity index (χ4v) is 3.91. The van der Waals surface area contributed by atoms with E-state index in [4.69, 9.17) is 5.73 Å². The smallest absolute Gasteiger partial charge is 0.0526 e. The molecule has 21 heavy (non-hydrogen) atoms. The van der Waals surface area contributed by atoms with Gasteiger partial charge in [-0.05, 0) is 37.3 Å². The highest BCUT2D eigenvalue weighted by atomic mass is 15.2. The highest BCUT2D eigenvalue weighted by Crippen LogP contribution is 2.40. The summed E-state index contributed by atoms with van der Waals surface area (Å²) in [5.74, 6) is 0.843. The average Bonchev–Trinajstić information content (AvgIpc) is 2.56. The molecule has 2 heteroatoms. The summed E-state index contributed by atoms with van der Waals surface area (Å²) >= 11 is 0. The molecule has 2 N–H and O–H groups in total. The predicted octanol–water partition coefficient (Wildman–Crippen LogP) is 4.59. The fourth-order valence-electron chi connectivity index (χ4n) is 3.91. The molecule has 1 aliphatic carbocycles. The van der Waals surface area contributed by atoms with Crippen molar-refractivity contribution in [2.45, 2.75) is 64.3 Å². The normalized spacial score (nSPS) is 25.8. The van der Waals surface area contributed by atoms with E-state index < -0.39 is 0 Å². The van der Waals surface area contributed by atoms with Gasteiger partial charge >= 0.3 is 0 Å². The standard InChI is InChI=1S/C19H32N2/c1-3-5-14-21(18-11-7-6-8-12-18)19(16-20)13-9-10-17(4-2)15-19/h6-8,11-12,17H,3-5,9-10,13-16,20H2,1-2H3. The Hall–Kier alpha value is -1.02. The largest absolute Gasteiger partial charge is 0.365 e. The molecule has 1 saturated carbocycles. The van der Waals surface area contributed by atoms with E-state index in [0.29, 0.717) is 0 Å². The molecular weight excluding hydrogens is 256 g/mol. The lowest BCUT2D eigenvalue weighted by atomic mass is 9.73. The number of nitrogens with two attached hydrogens (primary N) is 1. The van der Waals surface area contributed by atoms with E-state index in [1.54, 1.807) is 0 Å². The van der Waals surface area contributed by atoms with E-state index >= 15 is 0 Å². The van der Waals surface area contributed by atoms with Crippen LogP contribution in [0.2, 0.25) is 0 Å². The van der Waals surface area contributed by atoms with Gasteiger partial charge in [0, 0.05) is 18.8 Å². The Kier molecular flexibility index (Phi) is 6.10. The lowest BCUT2D eigenvalue weighted by Gasteiger charge is -2.49. The van der Waals surface area contributed by atoms with Crippen LogP contribution >= 0.6 is 0 Å². The summed E-state index contributed by atoms with van der Waals surface area (Å²) in [5.41, 5.74) is 7.85. The third-order valence-corrected chi connectivity index (χ3v) is 5.26. The second-order valence-corrected chi connectivity index (χ2v) is 6.64. The highest BCUT2D eigenvalue weighted by molar-refractivity contribution is 5.49. The maximum Gasteiger partial charge on any atom is 0.0526 e. The Morgan fingerprint density at radius 1 is 1.24 bits per heavy atom. The molecule has 0 spiro atoms. The summed E-state index contributed by atoms with van der Waals surface area (Å²) in [4.78, 5) is 2.64. The van der Waals surface area contributed by atoms with Crippen LogP contribution in [0.3, 0.4) is 0 Å². The number of nitrogens with zero attached hydrogens (tertiary/aromatic N) is 1. The summed E-state index contributed by atoms with van der Waals surface area (Å²) < 4.78 is 0. The number of rotatable bonds is 7. The molecule has 0 amide bonds. The van der Waals surface area contributed by atoms with Crippen molar-refractivity contribution in [2.24, 2.45) is 11.7 Å². The van der Waals surface area contributed by atoms with Crippen molar-refractivity contribution in [3.05, 3.63) is 30.3 Å². The van der Waals surface area contributed by atoms with Crippen molar-refractivity contribution in [1.29, 1.82) is 0 Å². The first kappa shape index (κ1) is 16.4. The van der Waals surface area contributed by atoms with Gasteiger partial charge in [-0.1, -0.05) is 57.7 Å². The molecule has 0 saturated heterocycles. The molecule has 1 aliphatic rings. The van der Waals surface area contributed by atoms with Gasteiger partial charge in [-0.15, -0.1) is 0 Å². The van der Waals surface area contributed by atoms with Gasteiger partial charge in [-0.25, -0.2) is 0 Å². The van der Waals surface area contributed by atoms with E-state index in [0.717, 1.165) is 19.0 Å². The first-order valence-electron chi connectivity index (χ1n) is 8.78. The number of para-hydroxylation sites is 1. The van der Waals surface area contributed by atoms with Gasteiger partial charge in [0.25, 0.3) is 0 Å². The molecule has 2 nitrogen and oxygen atoms in total. The van der Waals surface area contributed by atoms with Gasteiger partial charge in [0.2, 0.25) is 0 Å². The Morgan fingerprint density at radius 2 is 2.00 bits per heavy atom. The summed E-state index contributed by atoms with van der Waals surface area (Å²) in [6.07, 6.45) is 8.99. The minimum Gasteiger partial charge on any atom is -0.365 e. The zero-order chi connectivity index (χ0) is 15.1. The third kappa shape index (κ3) is 3.79. The first-order chi connectivity index (χ1) is 10.3. The van der Waals surface area contributed by atoms with Gasteiger partial charge in [0.05, 0.1) is 5.54 Å². The van der Waals surface area contributed by atoms with Crippen molar-refractivity contribution in [3.8, 4) is 0 Å². The van der Waals surface area contributed by atoms with Crippen LogP contribution < -0.4 is 10.6 Å². The quantitative estimate of drug-likeness (QED) is 0.795. The fraction of sp³-hybridized carbons (Fsp3) is 0.684. The number of hydrogen-bond acceptors (Lipinski definition) is 2. The zero-order valence-corrected chi connectivity index (χ0v) is 13.9. The van der Waals surface area contributed by atoms with Crippen LogP contribution in [0.4, 0.5) is 5.69 Å². The van der Waals surface area contributed by atoms with Crippen LogP contribution in [0, 0.1) is 5.92 Å². The van der Waals surface area contributed by atoms with Gasteiger partial charge in [0.1, 0.15) is 0 Å². The lowest BCUT2D eigenvalue weighted by Crippen LogP contribution is -2.57. The lowest BCUT2D eigenvalue weighted by molar-refractivity contribution is 0.211. The van der Waals surface area contributed by atoms with E-state index in [1.807, 2.05) is 0 Å². The molecule has 0 aliphatic heterocycles. The molecule has 0 bridgehead atoms. The second kappa shape index (κ2) is 7.84. The Labute approximate surface area is 130 Å². The third-order valence-electron chi connectivity index (χ3n) is 5.26. The Bertz CT molecular complexity index is 403. The Morgan fingerprint density at radius 3 is 2.62 bits per heavy atom. The van der Waals surface area contributed by atoms with Crippen LogP contribution in [0.1, 0.15) is 58.8 Å². The summed E-state index contributed by atoms with van der Waals surface area (Å²) in [5, 5.41) is 0. The molecule has 2 rings (SSSR count). The maximum absolute atomic E-state index is 6.32. The zero-order valence-electron chi connectivity index (χ0n) is 13.9. The van der Waals surface area contributed by atoms with Crippen LogP contribution in [-0.2, 0) is 0 Å². The second-order valence-electron chi connectivity index (χ2n) is 6.64. The average molecular weight is 288 g/mol. The molecule has 0 heterocycles. The number of benzene rings is 1. The van der Waals surface area contributed by atoms with Crippen LogP contribution in [0.15, 0.2) is 30.3 Å². The van der Waals surface area contributed by atoms with E-state index in [-0.39, 0.29) is 5.54 Å². The van der Waals surface area contributed by atoms with Crippen LogP contribution in [0.25, 0.3) is 0 Å². The molecule has 0 aromatic heterocycles. The summed E-state index contributed by atoms with van der Waals surface area (Å²) in [7, 11) is 0. The monoisotopic (exact) mass is 288 g/mol. The van der Waals surface area contributed by atoms with Crippen molar-refractivity contribution in [1.82, 2.24) is 0 Å². The molecule has 2 atom stereocenters. The van der Waals surface area contributed by atoms with Crippen molar-refractivity contribution >= 4 is 5.69 Å². The van der Waals surface area contributed by atoms with Gasteiger partial charge in [-0.2, -0.15) is 0 Å². The van der Waals surface area contributed by atoms with E-state index in [2.05, 4.69) is 49.1 Å². The SMILES string of the molecule is CCCCN(c1ccccc1)C1(CN)CCCC(CC)C1. The molecule has 0 radical (unpaired) electrons. The van der Waals surface area contributed by atoms with Crippen molar-refractivity contribution in [2.75, 3.05) is 18.0 Å². The molecular formula is C19H32N2. The Balaban J connectivity index is 2.27. The number of anilines is 1. The van der Waals surface area contributed by atoms with Crippen LogP contribution in [-0.4, -0.2) is 18.6 Å². The molecule has 1 aromatic carbocycles. The van der Waals surface area contributed by atoms with E-state index in [1.165, 1.54) is 50.6 Å². The maximum atomic E-state index is 6.32. The predicted molar refractivity (Wildman–Crippen MR) is 92.7 cm³/mol. The van der Waals surface area contributed by atoms with E-state index in [9.17, 15) is 0 Å². The van der Waals surface area contributed by atoms with Crippen molar-refractivity contribution in [3.63, 3.8) is 0 Å². The molecule has 2 unspecified atom stereocenters. The first-order valence-corrected chi connectivity index (χ1v) is 8.78. The highest BCUT2D eigenvalue weighted by Gasteiger charge is 2.39. The summed E-state index contributed by atoms with van der Waals surface area (Å²) in [6, 6.07) is 10.9. The minimum atomic E-state index is 0.176. The molecule has 118 valence electrons. The topological polar surface area (TPSA) is 29.3 Å². The number of unbranched alkanes of at least 4 members (excludes halogenated alkanes) is 1.